The average Bonchev–Trinajstić information content (AvgIpc) is 4.14. The van der Waals surface area contributed by atoms with Crippen LogP contribution in [0.2, 0.25) is 0 Å². The van der Waals surface area contributed by atoms with Crippen molar-refractivity contribution in [3.63, 3.8) is 0 Å². The van der Waals surface area contributed by atoms with Crippen molar-refractivity contribution < 1.29 is 41.1 Å². The number of H-pyrrole nitrogens is 1. The van der Waals surface area contributed by atoms with Crippen LogP contribution in [0, 0.1) is 29.9 Å². The van der Waals surface area contributed by atoms with E-state index in [1.807, 2.05) is 69.1 Å². The lowest BCUT2D eigenvalue weighted by atomic mass is 9.85. The molecule has 5 N–H and O–H groups in total. The van der Waals surface area contributed by atoms with Crippen LogP contribution in [0.4, 0.5) is 24.5 Å². The SMILES string of the molecule is C=C(N[C@@H](C)c1ccc(-c2scnc2C)cc1)[C@@H]1C[C@@H](O)CN1C(=O)[C@@H](NC(=O)CN1CCC(CN2CCN(c3ccc(-c4cnc5[nH]cc(C(=O)c6c(F)ccc(NS(=O)(=O)N7CC[C@@H](F)C7)c6F)c5c4)cc3)CC2)CC1)C(C)(C)C. The number of amides is 2. The number of hydrogen-bond acceptors (Lipinski definition) is 13. The summed E-state index contributed by atoms with van der Waals surface area (Å²) in [6, 6.07) is 18.4. The highest BCUT2D eigenvalue weighted by molar-refractivity contribution is 7.90. The molecule has 10 rings (SSSR count). The molecule has 436 valence electrons. The van der Waals surface area contributed by atoms with Gasteiger partial charge >= 0.3 is 10.2 Å². The molecule has 6 aromatic rings. The molecular weight excluding hydrogens is 1090 g/mol. The largest absolute Gasteiger partial charge is 0.391 e. The zero-order valence-corrected chi connectivity index (χ0v) is 48.6. The first-order chi connectivity index (χ1) is 39.1. The third-order valence-corrected chi connectivity index (χ3v) is 19.0. The topological polar surface area (TPSA) is 199 Å². The summed E-state index contributed by atoms with van der Waals surface area (Å²) in [7, 11) is -4.37. The first-order valence-electron chi connectivity index (χ1n) is 28.1. The van der Waals surface area contributed by atoms with E-state index in [4.69, 9.17) is 0 Å². The standard InChI is InChI=1S/C60H72F3N11O6S2/c1-36(40-7-9-42(10-8-40)56-38(3)66-35-81-56)67-37(2)51-28-46(75)33-74(51)59(78)57(60(4,5)6)68-52(76)34-70-20-17-39(18-21-70)31-71-23-25-72(26-24-71)45-13-11-41(12-14-45)43-27-47-48(30-65-58(47)64-29-43)55(77)53-49(62)15-16-50(54(53)63)69-82(79,80)73-22-19-44(61)32-73/h7-16,27,29-30,35-36,39,44,46,51,57,67,69,75H,2,17-26,28,31-34H2,1,3-6H3,(H,64,65)(H,68,76)/t36-,44+,46+,51-,57+/m0/s1. The van der Waals surface area contributed by atoms with Crippen LogP contribution in [-0.2, 0) is 19.8 Å². The minimum atomic E-state index is -4.37. The molecule has 82 heavy (non-hydrogen) atoms. The molecule has 0 unspecified atom stereocenters. The van der Waals surface area contributed by atoms with Gasteiger partial charge in [0.25, 0.3) is 0 Å². The van der Waals surface area contributed by atoms with Crippen molar-refractivity contribution in [2.24, 2.45) is 11.3 Å². The van der Waals surface area contributed by atoms with Crippen molar-refractivity contribution in [1.29, 1.82) is 0 Å². The number of piperidine rings is 1. The molecule has 0 saturated carbocycles. The number of β-amino-alcohol motifs (C(OH)–C–C–N with tert-alkyl or cyclic N) is 1. The number of carbonyl (C=O) groups excluding carboxylic acids is 3. The predicted molar refractivity (Wildman–Crippen MR) is 313 cm³/mol. The third-order valence-electron chi connectivity index (χ3n) is 16.5. The molecule has 5 atom stereocenters. The molecular formula is C60H72F3N11O6S2. The Labute approximate surface area is 481 Å². The Hall–Kier alpha value is -6.69. The molecule has 0 radical (unpaired) electrons. The normalized spacial score (nSPS) is 20.5. The first-order valence-corrected chi connectivity index (χ1v) is 30.4. The van der Waals surface area contributed by atoms with Crippen molar-refractivity contribution >= 4 is 61.6 Å². The van der Waals surface area contributed by atoms with Crippen LogP contribution < -0.4 is 20.3 Å². The number of aryl methyl sites for hydroxylation is 1. The molecule has 17 nitrogen and oxygen atoms in total. The number of aliphatic hydroxyl groups is 1. The van der Waals surface area contributed by atoms with Crippen LogP contribution in [0.25, 0.3) is 32.6 Å². The van der Waals surface area contributed by atoms with Gasteiger partial charge in [0, 0.05) is 105 Å². The van der Waals surface area contributed by atoms with Gasteiger partial charge in [-0.25, -0.2) is 23.1 Å². The van der Waals surface area contributed by atoms with Crippen LogP contribution in [-0.4, -0.2) is 161 Å². The lowest BCUT2D eigenvalue weighted by Gasteiger charge is -2.40. The number of nitrogens with zero attached hydrogens (tertiary/aromatic N) is 7. The second-order valence-corrected chi connectivity index (χ2v) is 25.9. The van der Waals surface area contributed by atoms with E-state index < -0.39 is 75.2 Å². The highest BCUT2D eigenvalue weighted by Crippen LogP contribution is 2.34. The number of nitrogens with one attached hydrogen (secondary N) is 4. The number of thiazole rings is 1. The summed E-state index contributed by atoms with van der Waals surface area (Å²) < 4.78 is 73.5. The first kappa shape index (κ1) is 58.5. The summed E-state index contributed by atoms with van der Waals surface area (Å²) in [5.41, 5.74) is 6.29. The molecule has 3 aromatic heterocycles. The average molecular weight is 1160 g/mol. The number of aliphatic hydroxyl groups excluding tert-OH is 1. The van der Waals surface area contributed by atoms with Gasteiger partial charge in [-0.05, 0) is 105 Å². The summed E-state index contributed by atoms with van der Waals surface area (Å²) in [4.78, 5) is 63.6. The number of carbonyl (C=O) groups is 3. The Morgan fingerprint density at radius 3 is 2.24 bits per heavy atom. The Kier molecular flexibility index (Phi) is 17.3. The van der Waals surface area contributed by atoms with Crippen molar-refractivity contribution in [1.82, 2.24) is 44.6 Å². The van der Waals surface area contributed by atoms with E-state index in [0.717, 1.165) is 108 Å². The van der Waals surface area contributed by atoms with E-state index in [2.05, 4.69) is 71.1 Å². The molecule has 4 fully saturated rings. The maximum atomic E-state index is 15.8. The molecule has 0 bridgehead atoms. The van der Waals surface area contributed by atoms with Gasteiger partial charge in [0.15, 0.2) is 5.82 Å². The van der Waals surface area contributed by atoms with Gasteiger partial charge in [0.1, 0.15) is 23.7 Å². The van der Waals surface area contributed by atoms with Crippen LogP contribution in [0.15, 0.2) is 96.9 Å². The predicted octanol–water partition coefficient (Wildman–Crippen LogP) is 8.06. The van der Waals surface area contributed by atoms with Gasteiger partial charge in [-0.1, -0.05) is 63.7 Å². The third kappa shape index (κ3) is 12.9. The number of fused-ring (bicyclic) bond motifs is 1. The number of anilines is 2. The number of aromatic amines is 1. The smallest absolute Gasteiger partial charge is 0.301 e. The number of alkyl halides is 1. The summed E-state index contributed by atoms with van der Waals surface area (Å²) in [5.74, 6) is -3.52. The van der Waals surface area contributed by atoms with E-state index >= 15 is 8.78 Å². The fraction of sp³-hybridized carbons (Fsp3) is 0.450. The van der Waals surface area contributed by atoms with Crippen molar-refractivity contribution in [3.05, 3.63) is 131 Å². The summed E-state index contributed by atoms with van der Waals surface area (Å²) in [5, 5.41) is 17.8. The van der Waals surface area contributed by atoms with Crippen LogP contribution >= 0.6 is 11.3 Å². The molecule has 4 saturated heterocycles. The van der Waals surface area contributed by atoms with Gasteiger partial charge in [-0.15, -0.1) is 11.3 Å². The lowest BCUT2D eigenvalue weighted by Crippen LogP contribution is -2.58. The molecule has 3 aromatic carbocycles. The number of benzene rings is 3. The molecule has 0 aliphatic carbocycles. The molecule has 7 heterocycles. The molecule has 4 aliphatic rings. The monoisotopic (exact) mass is 1160 g/mol. The summed E-state index contributed by atoms with van der Waals surface area (Å²) in [6.45, 7) is 20.1. The number of rotatable bonds is 18. The lowest BCUT2D eigenvalue weighted by molar-refractivity contribution is -0.140. The molecule has 2 amide bonds. The van der Waals surface area contributed by atoms with E-state index in [9.17, 15) is 32.3 Å². The van der Waals surface area contributed by atoms with Crippen molar-refractivity contribution in [2.45, 2.75) is 90.7 Å². The Balaban J connectivity index is 0.682. The van der Waals surface area contributed by atoms with Crippen LogP contribution in [0.3, 0.4) is 0 Å². The highest BCUT2D eigenvalue weighted by atomic mass is 32.2. The van der Waals surface area contributed by atoms with Gasteiger partial charge in [-0.3, -0.25) is 28.9 Å². The van der Waals surface area contributed by atoms with E-state index in [1.54, 1.807) is 28.5 Å². The van der Waals surface area contributed by atoms with E-state index in [0.29, 0.717) is 34.6 Å². The number of piperazine rings is 1. The highest BCUT2D eigenvalue weighted by Gasteiger charge is 2.43. The van der Waals surface area contributed by atoms with E-state index in [-0.39, 0.29) is 49.5 Å². The maximum Gasteiger partial charge on any atom is 0.301 e. The minimum absolute atomic E-state index is 0.00213. The number of aromatic nitrogens is 3. The molecule has 4 aliphatic heterocycles. The second-order valence-electron chi connectivity index (χ2n) is 23.4. The fourth-order valence-corrected chi connectivity index (χ4v) is 13.8. The number of halogens is 3. The van der Waals surface area contributed by atoms with Crippen molar-refractivity contribution in [3.8, 4) is 21.6 Å². The van der Waals surface area contributed by atoms with Crippen molar-refractivity contribution in [2.75, 3.05) is 81.6 Å². The van der Waals surface area contributed by atoms with Gasteiger partial charge in [0.05, 0.1) is 46.0 Å². The van der Waals surface area contributed by atoms with Gasteiger partial charge in [-0.2, -0.15) is 12.7 Å². The fourth-order valence-electron chi connectivity index (χ4n) is 11.7. The van der Waals surface area contributed by atoms with Crippen LogP contribution in [0.5, 0.6) is 0 Å². The zero-order chi connectivity index (χ0) is 58.2. The number of hydrogen-bond donors (Lipinski definition) is 5. The number of likely N-dealkylation sites (tertiary alicyclic amines) is 2. The summed E-state index contributed by atoms with van der Waals surface area (Å²) in [6.07, 6.45) is 3.15. The Morgan fingerprint density at radius 1 is 0.878 bits per heavy atom. The molecule has 0 spiro atoms. The quantitative estimate of drug-likeness (QED) is 0.0520. The van der Waals surface area contributed by atoms with Gasteiger partial charge in [0.2, 0.25) is 17.6 Å². The van der Waals surface area contributed by atoms with Gasteiger partial charge < -0.3 is 30.5 Å². The van der Waals surface area contributed by atoms with E-state index in [1.165, 1.54) is 6.20 Å². The summed E-state index contributed by atoms with van der Waals surface area (Å²) >= 11 is 1.61. The zero-order valence-electron chi connectivity index (χ0n) is 46.9. The number of ketones is 1. The molecule has 22 heteroatoms. The Morgan fingerprint density at radius 2 is 1.59 bits per heavy atom. The Bertz CT molecular complexity index is 3430. The second kappa shape index (κ2) is 24.3. The van der Waals surface area contributed by atoms with Crippen LogP contribution in [0.1, 0.15) is 86.6 Å². The maximum absolute atomic E-state index is 15.8. The number of pyridine rings is 1. The minimum Gasteiger partial charge on any atom is -0.391 e.